The number of carbonyl (C=O) groups is 1. The number of esters is 1. The lowest BCUT2D eigenvalue weighted by Gasteiger charge is -2.05. The van der Waals surface area contributed by atoms with Gasteiger partial charge >= 0.3 is 5.97 Å². The normalized spacial score (nSPS) is 10.4. The molecule has 19 heavy (non-hydrogen) atoms. The van der Waals surface area contributed by atoms with Crippen molar-refractivity contribution in [3.8, 4) is 0 Å². The van der Waals surface area contributed by atoms with Crippen LogP contribution in [0.15, 0.2) is 24.3 Å². The highest BCUT2D eigenvalue weighted by Crippen LogP contribution is 2.07. The van der Waals surface area contributed by atoms with Gasteiger partial charge in [-0.25, -0.2) is 4.79 Å². The minimum Gasteiger partial charge on any atom is -0.462 e. The smallest absolute Gasteiger partial charge is 0.338 e. The predicted octanol–water partition coefficient (Wildman–Crippen LogP) is 2.51. The van der Waals surface area contributed by atoms with E-state index in [-0.39, 0.29) is 5.97 Å². The molecule has 2 N–H and O–H groups in total. The Kier molecular flexibility index (Phi) is 7.86. The molecule has 4 heteroatoms. The molecule has 0 fully saturated rings. The summed E-state index contributed by atoms with van der Waals surface area (Å²) in [5.74, 6) is -0.281. The fraction of sp³-hybridized carbons (Fsp3) is 0.533. The monoisotopic (exact) mass is 265 g/mol. The molecule has 0 saturated carbocycles. The van der Waals surface area contributed by atoms with E-state index in [1.54, 1.807) is 19.1 Å². The van der Waals surface area contributed by atoms with Crippen LogP contribution in [0.3, 0.4) is 0 Å². The summed E-state index contributed by atoms with van der Waals surface area (Å²) in [6, 6.07) is 7.33. The van der Waals surface area contributed by atoms with Crippen molar-refractivity contribution in [1.29, 1.82) is 0 Å². The molecule has 1 aromatic carbocycles. The van der Waals surface area contributed by atoms with E-state index >= 15 is 0 Å². The van der Waals surface area contributed by atoms with E-state index in [4.69, 9.17) is 15.2 Å². The second-order valence-electron chi connectivity index (χ2n) is 4.32. The van der Waals surface area contributed by atoms with E-state index in [2.05, 4.69) is 0 Å². The van der Waals surface area contributed by atoms with Crippen LogP contribution in [0.5, 0.6) is 0 Å². The minimum absolute atomic E-state index is 0.281. The van der Waals surface area contributed by atoms with Gasteiger partial charge in [0.1, 0.15) is 0 Å². The number of ether oxygens (including phenoxy) is 2. The van der Waals surface area contributed by atoms with Crippen LogP contribution in [0.1, 0.15) is 42.1 Å². The molecule has 0 aliphatic rings. The van der Waals surface area contributed by atoms with Gasteiger partial charge in [0.2, 0.25) is 0 Å². The summed E-state index contributed by atoms with van der Waals surface area (Å²) in [6.07, 6.45) is 3.20. The van der Waals surface area contributed by atoms with Crippen molar-refractivity contribution in [2.24, 2.45) is 5.73 Å². The summed E-state index contributed by atoms with van der Waals surface area (Å²) in [5.41, 5.74) is 7.06. The van der Waals surface area contributed by atoms with E-state index in [1.807, 2.05) is 12.1 Å². The van der Waals surface area contributed by atoms with E-state index < -0.39 is 0 Å². The van der Waals surface area contributed by atoms with Gasteiger partial charge in [0.15, 0.2) is 0 Å². The lowest BCUT2D eigenvalue weighted by atomic mass is 10.1. The SMILES string of the molecule is CCOC(=O)c1ccc(COCCCCCN)cc1. The van der Waals surface area contributed by atoms with E-state index in [9.17, 15) is 4.79 Å². The number of carbonyl (C=O) groups excluding carboxylic acids is 1. The third-order valence-electron chi connectivity index (χ3n) is 2.73. The third kappa shape index (κ3) is 6.36. The molecule has 0 aliphatic carbocycles. The van der Waals surface area contributed by atoms with E-state index in [1.165, 1.54) is 0 Å². The first-order valence-corrected chi connectivity index (χ1v) is 6.81. The number of benzene rings is 1. The molecule has 0 atom stereocenters. The van der Waals surface area contributed by atoms with Crippen LogP contribution in [0.25, 0.3) is 0 Å². The molecule has 0 bridgehead atoms. The van der Waals surface area contributed by atoms with Crippen LogP contribution in [-0.4, -0.2) is 25.7 Å². The van der Waals surface area contributed by atoms with Crippen molar-refractivity contribution in [3.63, 3.8) is 0 Å². The second-order valence-corrected chi connectivity index (χ2v) is 4.32. The van der Waals surface area contributed by atoms with Gasteiger partial charge in [-0.2, -0.15) is 0 Å². The van der Waals surface area contributed by atoms with Gasteiger partial charge in [0.25, 0.3) is 0 Å². The van der Waals surface area contributed by atoms with Gasteiger partial charge in [-0.3, -0.25) is 0 Å². The van der Waals surface area contributed by atoms with Crippen molar-refractivity contribution in [1.82, 2.24) is 0 Å². The van der Waals surface area contributed by atoms with Gasteiger partial charge in [-0.1, -0.05) is 12.1 Å². The Bertz CT molecular complexity index is 362. The highest BCUT2D eigenvalue weighted by atomic mass is 16.5. The topological polar surface area (TPSA) is 61.5 Å². The molecular weight excluding hydrogens is 242 g/mol. The lowest BCUT2D eigenvalue weighted by Crippen LogP contribution is -2.04. The molecule has 0 aromatic heterocycles. The lowest BCUT2D eigenvalue weighted by molar-refractivity contribution is 0.0526. The summed E-state index contributed by atoms with van der Waals surface area (Å²) in [7, 11) is 0. The average molecular weight is 265 g/mol. The molecule has 1 aromatic rings. The first-order valence-electron chi connectivity index (χ1n) is 6.81. The van der Waals surface area contributed by atoms with Crippen LogP contribution in [-0.2, 0) is 16.1 Å². The maximum Gasteiger partial charge on any atom is 0.338 e. The Morgan fingerprint density at radius 3 is 2.53 bits per heavy atom. The molecule has 106 valence electrons. The molecule has 0 amide bonds. The highest BCUT2D eigenvalue weighted by molar-refractivity contribution is 5.89. The second kappa shape index (κ2) is 9.53. The number of hydrogen-bond acceptors (Lipinski definition) is 4. The van der Waals surface area contributed by atoms with E-state index in [0.717, 1.165) is 38.0 Å². The average Bonchev–Trinajstić information content (AvgIpc) is 2.43. The minimum atomic E-state index is -0.281. The molecule has 4 nitrogen and oxygen atoms in total. The highest BCUT2D eigenvalue weighted by Gasteiger charge is 2.05. The molecule has 0 spiro atoms. The first kappa shape index (κ1) is 15.7. The molecule has 0 aliphatic heterocycles. The van der Waals surface area contributed by atoms with Gasteiger partial charge in [-0.15, -0.1) is 0 Å². The quantitative estimate of drug-likeness (QED) is 0.550. The zero-order chi connectivity index (χ0) is 13.9. The standard InChI is InChI=1S/C15H23NO3/c1-2-19-15(17)14-8-6-13(7-9-14)12-18-11-5-3-4-10-16/h6-9H,2-5,10-12,16H2,1H3. The molecule has 0 heterocycles. The zero-order valence-electron chi connectivity index (χ0n) is 11.6. The molecular formula is C15H23NO3. The maximum atomic E-state index is 11.5. The van der Waals surface area contributed by atoms with Crippen LogP contribution >= 0.6 is 0 Å². The number of unbranched alkanes of at least 4 members (excludes halogenated alkanes) is 2. The summed E-state index contributed by atoms with van der Waals surface area (Å²) < 4.78 is 10.5. The Balaban J connectivity index is 2.26. The molecule has 1 rings (SSSR count). The third-order valence-corrected chi connectivity index (χ3v) is 2.73. The summed E-state index contributed by atoms with van der Waals surface area (Å²) >= 11 is 0. The van der Waals surface area contributed by atoms with Gasteiger partial charge in [-0.05, 0) is 50.4 Å². The number of rotatable bonds is 9. The fourth-order valence-electron chi connectivity index (χ4n) is 1.67. The molecule has 0 saturated heterocycles. The van der Waals surface area contributed by atoms with Crippen LogP contribution in [0.2, 0.25) is 0 Å². The summed E-state index contributed by atoms with van der Waals surface area (Å²) in [5, 5.41) is 0. The van der Waals surface area contributed by atoms with Crippen LogP contribution in [0, 0.1) is 0 Å². The van der Waals surface area contributed by atoms with Crippen molar-refractivity contribution in [3.05, 3.63) is 35.4 Å². The Hall–Kier alpha value is -1.39. The van der Waals surface area contributed by atoms with E-state index in [0.29, 0.717) is 18.8 Å². The Morgan fingerprint density at radius 2 is 1.89 bits per heavy atom. The summed E-state index contributed by atoms with van der Waals surface area (Å²) in [4.78, 5) is 11.5. The first-order chi connectivity index (χ1) is 9.27. The van der Waals surface area contributed by atoms with Crippen molar-refractivity contribution >= 4 is 5.97 Å². The fourth-order valence-corrected chi connectivity index (χ4v) is 1.67. The van der Waals surface area contributed by atoms with Crippen LogP contribution < -0.4 is 5.73 Å². The van der Waals surface area contributed by atoms with Gasteiger partial charge in [0, 0.05) is 6.61 Å². The van der Waals surface area contributed by atoms with Gasteiger partial charge in [0.05, 0.1) is 18.8 Å². The zero-order valence-corrected chi connectivity index (χ0v) is 11.6. The number of hydrogen-bond donors (Lipinski definition) is 1. The maximum absolute atomic E-state index is 11.5. The number of nitrogens with two attached hydrogens (primary N) is 1. The van der Waals surface area contributed by atoms with Crippen molar-refractivity contribution < 1.29 is 14.3 Å². The molecule has 0 unspecified atom stereocenters. The largest absolute Gasteiger partial charge is 0.462 e. The summed E-state index contributed by atoms with van der Waals surface area (Å²) in [6.45, 7) is 4.26. The Morgan fingerprint density at radius 1 is 1.16 bits per heavy atom. The Labute approximate surface area is 114 Å². The van der Waals surface area contributed by atoms with Crippen LogP contribution in [0.4, 0.5) is 0 Å². The predicted molar refractivity (Wildman–Crippen MR) is 75.0 cm³/mol. The van der Waals surface area contributed by atoms with Gasteiger partial charge < -0.3 is 15.2 Å². The van der Waals surface area contributed by atoms with Crippen molar-refractivity contribution in [2.75, 3.05) is 19.8 Å². The van der Waals surface area contributed by atoms with Crippen molar-refractivity contribution in [2.45, 2.75) is 32.8 Å². The molecule has 0 radical (unpaired) electrons.